The first-order valence-corrected chi connectivity index (χ1v) is 4.66. The summed E-state index contributed by atoms with van der Waals surface area (Å²) in [5.41, 5.74) is 0.284. The van der Waals surface area contributed by atoms with Gasteiger partial charge >= 0.3 is 0 Å². The van der Waals surface area contributed by atoms with Gasteiger partial charge in [-0.05, 0) is 12.1 Å². The first kappa shape index (κ1) is 11.2. The van der Waals surface area contributed by atoms with E-state index in [2.05, 4.69) is 15.6 Å². The molecule has 0 spiro atoms. The van der Waals surface area contributed by atoms with Gasteiger partial charge in [-0.3, -0.25) is 9.59 Å². The fourth-order valence-corrected chi connectivity index (χ4v) is 0.990. The number of pyridine rings is 1. The molecule has 2 N–H and O–H groups in total. The minimum Gasteiger partial charge on any atom is -0.354 e. The lowest BCUT2D eigenvalue weighted by molar-refractivity contribution is -0.115. The van der Waals surface area contributed by atoms with Crippen LogP contribution in [0.25, 0.3) is 0 Å². The molecule has 1 aromatic rings. The van der Waals surface area contributed by atoms with E-state index in [1.54, 1.807) is 25.1 Å². The quantitative estimate of drug-likeness (QED) is 0.769. The molecule has 0 aliphatic rings. The Bertz CT molecular complexity index is 377. The van der Waals surface area contributed by atoms with Crippen LogP contribution in [0.2, 0.25) is 0 Å². The Balaban J connectivity index is 2.83. The molecule has 15 heavy (non-hydrogen) atoms. The molecule has 0 bridgehead atoms. The molecular weight excluding hydrogens is 194 g/mol. The minimum atomic E-state index is -0.275. The maximum Gasteiger partial charge on any atom is 0.269 e. The van der Waals surface area contributed by atoms with Gasteiger partial charge in [0.25, 0.3) is 5.91 Å². The standard InChI is InChI=1S/C10H13N3O2/c1-3-9(14)13-8-6-4-5-7(12-8)10(15)11-2/h4-6H,3H2,1-2H3,(H,11,15)(H,12,13,14). The van der Waals surface area contributed by atoms with E-state index in [9.17, 15) is 9.59 Å². The Morgan fingerprint density at radius 2 is 2.13 bits per heavy atom. The number of rotatable bonds is 3. The third-order valence-corrected chi connectivity index (χ3v) is 1.80. The number of anilines is 1. The lowest BCUT2D eigenvalue weighted by atomic mass is 10.3. The highest BCUT2D eigenvalue weighted by Crippen LogP contribution is 2.05. The minimum absolute atomic E-state index is 0.128. The number of aromatic nitrogens is 1. The number of amides is 2. The van der Waals surface area contributed by atoms with Crippen molar-refractivity contribution in [1.82, 2.24) is 10.3 Å². The van der Waals surface area contributed by atoms with Gasteiger partial charge in [0, 0.05) is 13.5 Å². The third kappa shape index (κ3) is 3.05. The molecule has 0 radical (unpaired) electrons. The molecule has 0 saturated heterocycles. The van der Waals surface area contributed by atoms with E-state index in [1.807, 2.05) is 0 Å². The molecule has 1 aromatic heterocycles. The van der Waals surface area contributed by atoms with Crippen LogP contribution < -0.4 is 10.6 Å². The van der Waals surface area contributed by atoms with Gasteiger partial charge in [-0.1, -0.05) is 13.0 Å². The lowest BCUT2D eigenvalue weighted by Gasteiger charge is -2.04. The summed E-state index contributed by atoms with van der Waals surface area (Å²) in [6.45, 7) is 1.75. The van der Waals surface area contributed by atoms with Crippen molar-refractivity contribution in [2.45, 2.75) is 13.3 Å². The van der Waals surface area contributed by atoms with Crippen molar-refractivity contribution < 1.29 is 9.59 Å². The molecule has 80 valence electrons. The van der Waals surface area contributed by atoms with Gasteiger partial charge < -0.3 is 10.6 Å². The average Bonchev–Trinajstić information content (AvgIpc) is 2.28. The fourth-order valence-electron chi connectivity index (χ4n) is 0.990. The van der Waals surface area contributed by atoms with E-state index in [0.717, 1.165) is 0 Å². The Labute approximate surface area is 87.9 Å². The van der Waals surface area contributed by atoms with Gasteiger partial charge in [0.2, 0.25) is 5.91 Å². The monoisotopic (exact) mass is 207 g/mol. The van der Waals surface area contributed by atoms with Crippen LogP contribution in [0.3, 0.4) is 0 Å². The summed E-state index contributed by atoms with van der Waals surface area (Å²) in [5.74, 6) is -0.0119. The van der Waals surface area contributed by atoms with E-state index >= 15 is 0 Å². The molecule has 0 atom stereocenters. The summed E-state index contributed by atoms with van der Waals surface area (Å²) in [6.07, 6.45) is 0.381. The van der Waals surface area contributed by atoms with Gasteiger partial charge in [0.15, 0.2) is 0 Å². The Morgan fingerprint density at radius 1 is 1.40 bits per heavy atom. The number of carbonyl (C=O) groups is 2. The van der Waals surface area contributed by atoms with Gasteiger partial charge in [0.1, 0.15) is 11.5 Å². The van der Waals surface area contributed by atoms with Crippen LogP contribution in [0.1, 0.15) is 23.8 Å². The maximum absolute atomic E-state index is 11.2. The highest BCUT2D eigenvalue weighted by atomic mass is 16.2. The van der Waals surface area contributed by atoms with Gasteiger partial charge in [0.05, 0.1) is 0 Å². The van der Waals surface area contributed by atoms with Crippen LogP contribution in [0, 0.1) is 0 Å². The number of hydrogen-bond acceptors (Lipinski definition) is 3. The van der Waals surface area contributed by atoms with E-state index in [-0.39, 0.29) is 17.5 Å². The summed E-state index contributed by atoms with van der Waals surface area (Å²) in [6, 6.07) is 4.89. The molecule has 1 rings (SSSR count). The molecule has 5 heteroatoms. The second kappa shape index (κ2) is 5.09. The first-order chi connectivity index (χ1) is 7.17. The highest BCUT2D eigenvalue weighted by molar-refractivity contribution is 5.94. The predicted octanol–water partition coefficient (Wildman–Crippen LogP) is 0.790. The van der Waals surface area contributed by atoms with Gasteiger partial charge in [-0.2, -0.15) is 0 Å². The molecule has 5 nitrogen and oxygen atoms in total. The van der Waals surface area contributed by atoms with Crippen LogP contribution in [-0.4, -0.2) is 23.8 Å². The highest BCUT2D eigenvalue weighted by Gasteiger charge is 2.06. The normalized spacial score (nSPS) is 9.47. The molecule has 0 fully saturated rings. The van der Waals surface area contributed by atoms with Crippen LogP contribution in [0.4, 0.5) is 5.82 Å². The van der Waals surface area contributed by atoms with Crippen molar-refractivity contribution in [3.05, 3.63) is 23.9 Å². The summed E-state index contributed by atoms with van der Waals surface area (Å²) in [4.78, 5) is 26.3. The van der Waals surface area contributed by atoms with Crippen LogP contribution in [0.5, 0.6) is 0 Å². The summed E-state index contributed by atoms with van der Waals surface area (Å²) >= 11 is 0. The lowest BCUT2D eigenvalue weighted by Crippen LogP contribution is -2.20. The second-order valence-electron chi connectivity index (χ2n) is 2.89. The molecule has 1 heterocycles. The van der Waals surface area contributed by atoms with Crippen molar-refractivity contribution in [1.29, 1.82) is 0 Å². The molecule has 0 aliphatic carbocycles. The number of hydrogen-bond donors (Lipinski definition) is 2. The predicted molar refractivity (Wildman–Crippen MR) is 56.5 cm³/mol. The zero-order valence-electron chi connectivity index (χ0n) is 8.70. The third-order valence-electron chi connectivity index (χ3n) is 1.80. The smallest absolute Gasteiger partial charge is 0.269 e. The van der Waals surface area contributed by atoms with E-state index < -0.39 is 0 Å². The first-order valence-electron chi connectivity index (χ1n) is 4.66. The van der Waals surface area contributed by atoms with Crippen molar-refractivity contribution in [2.24, 2.45) is 0 Å². The van der Waals surface area contributed by atoms with Crippen LogP contribution in [-0.2, 0) is 4.79 Å². The summed E-state index contributed by atoms with van der Waals surface area (Å²) < 4.78 is 0. The summed E-state index contributed by atoms with van der Waals surface area (Å²) in [5, 5.41) is 5.04. The Kier molecular flexibility index (Phi) is 3.79. The van der Waals surface area contributed by atoms with Gasteiger partial charge in [-0.15, -0.1) is 0 Å². The Hall–Kier alpha value is -1.91. The van der Waals surface area contributed by atoms with Crippen molar-refractivity contribution in [2.75, 3.05) is 12.4 Å². The zero-order chi connectivity index (χ0) is 11.3. The summed E-state index contributed by atoms with van der Waals surface area (Å²) in [7, 11) is 1.53. The zero-order valence-corrected chi connectivity index (χ0v) is 8.70. The van der Waals surface area contributed by atoms with E-state index in [1.165, 1.54) is 7.05 Å². The molecule has 0 saturated carbocycles. The SMILES string of the molecule is CCC(=O)Nc1cccc(C(=O)NC)n1. The molecule has 2 amide bonds. The van der Waals surface area contributed by atoms with E-state index in [0.29, 0.717) is 12.2 Å². The molecular formula is C10H13N3O2. The molecule has 0 aliphatic heterocycles. The van der Waals surface area contributed by atoms with Crippen molar-refractivity contribution in [3.63, 3.8) is 0 Å². The number of nitrogens with one attached hydrogen (secondary N) is 2. The Morgan fingerprint density at radius 3 is 2.73 bits per heavy atom. The van der Waals surface area contributed by atoms with E-state index in [4.69, 9.17) is 0 Å². The number of carbonyl (C=O) groups excluding carboxylic acids is 2. The number of nitrogens with zero attached hydrogens (tertiary/aromatic N) is 1. The fraction of sp³-hybridized carbons (Fsp3) is 0.300. The van der Waals surface area contributed by atoms with Crippen LogP contribution >= 0.6 is 0 Å². The maximum atomic E-state index is 11.2. The van der Waals surface area contributed by atoms with Gasteiger partial charge in [-0.25, -0.2) is 4.98 Å². The average molecular weight is 207 g/mol. The second-order valence-corrected chi connectivity index (χ2v) is 2.89. The van der Waals surface area contributed by atoms with Crippen molar-refractivity contribution in [3.8, 4) is 0 Å². The molecule has 0 unspecified atom stereocenters. The molecule has 0 aromatic carbocycles. The largest absolute Gasteiger partial charge is 0.354 e. The van der Waals surface area contributed by atoms with Crippen molar-refractivity contribution >= 4 is 17.6 Å². The topological polar surface area (TPSA) is 71.1 Å². The van der Waals surface area contributed by atoms with Crippen LogP contribution in [0.15, 0.2) is 18.2 Å².